The number of aromatic nitrogens is 4. The lowest BCUT2D eigenvalue weighted by atomic mass is 10.00. The molecule has 2 aromatic heterocycles. The molecule has 1 unspecified atom stereocenters. The van der Waals surface area contributed by atoms with E-state index >= 15 is 0 Å². The molecular formula is C23H28ClN5O2S. The number of hydrogen-bond acceptors (Lipinski definition) is 7. The zero-order valence-corrected chi connectivity index (χ0v) is 19.8. The second-order valence-electron chi connectivity index (χ2n) is 8.61. The van der Waals surface area contributed by atoms with Crippen molar-refractivity contribution < 1.29 is 9.15 Å². The van der Waals surface area contributed by atoms with Gasteiger partial charge in [-0.25, -0.2) is 4.98 Å². The lowest BCUT2D eigenvalue weighted by molar-refractivity contribution is 0.0951. The highest BCUT2D eigenvalue weighted by molar-refractivity contribution is 7.98. The number of nitrogens with zero attached hydrogens (tertiary/aromatic N) is 5. The SMILES string of the molecule is CC1CCN(c2nnc(SCc3ncc(-c4ccc(Cl)cc4)o3)n2CC2CCCO2)CC1. The highest BCUT2D eigenvalue weighted by Crippen LogP contribution is 2.30. The maximum absolute atomic E-state index is 5.99. The van der Waals surface area contributed by atoms with Crippen molar-refractivity contribution in [2.45, 2.75) is 56.2 Å². The Bertz CT molecular complexity index is 1020. The molecule has 9 heteroatoms. The molecule has 0 N–H and O–H groups in total. The van der Waals surface area contributed by atoms with Crippen molar-refractivity contribution in [3.8, 4) is 11.3 Å². The third-order valence-electron chi connectivity index (χ3n) is 6.18. The standard InChI is InChI=1S/C23H28ClN5O2S/c1-16-8-10-28(11-9-16)22-26-27-23(29(22)14-19-3-2-12-30-19)32-15-21-25-13-20(31-21)17-4-6-18(24)7-5-17/h4-7,13,16,19H,2-3,8-12,14-15H2,1H3. The van der Waals surface area contributed by atoms with Gasteiger partial charge >= 0.3 is 0 Å². The number of halogens is 1. The zero-order chi connectivity index (χ0) is 21.9. The Labute approximate surface area is 197 Å². The van der Waals surface area contributed by atoms with Crippen molar-refractivity contribution in [2.24, 2.45) is 5.92 Å². The van der Waals surface area contributed by atoms with Crippen LogP contribution in [0.1, 0.15) is 38.5 Å². The van der Waals surface area contributed by atoms with E-state index in [0.29, 0.717) is 16.7 Å². The van der Waals surface area contributed by atoms with Crippen molar-refractivity contribution in [1.29, 1.82) is 0 Å². The second kappa shape index (κ2) is 9.85. The summed E-state index contributed by atoms with van der Waals surface area (Å²) in [6, 6.07) is 7.57. The van der Waals surface area contributed by atoms with Crippen LogP contribution in [0.15, 0.2) is 40.0 Å². The van der Waals surface area contributed by atoms with Gasteiger partial charge in [0.05, 0.1) is 24.6 Å². The van der Waals surface area contributed by atoms with E-state index in [0.717, 1.165) is 67.4 Å². The molecule has 2 fully saturated rings. The third kappa shape index (κ3) is 4.97. The maximum Gasteiger partial charge on any atom is 0.228 e. The topological polar surface area (TPSA) is 69.2 Å². The predicted octanol–water partition coefficient (Wildman–Crippen LogP) is 5.29. The summed E-state index contributed by atoms with van der Waals surface area (Å²) in [6.07, 6.45) is 6.58. The number of piperidine rings is 1. The Morgan fingerprint density at radius 3 is 2.69 bits per heavy atom. The fraction of sp³-hybridized carbons (Fsp3) is 0.522. The van der Waals surface area contributed by atoms with Crippen molar-refractivity contribution in [1.82, 2.24) is 19.7 Å². The van der Waals surface area contributed by atoms with Gasteiger partial charge in [0.2, 0.25) is 11.8 Å². The molecule has 1 atom stereocenters. The minimum atomic E-state index is 0.228. The van der Waals surface area contributed by atoms with Crippen LogP contribution in [0, 0.1) is 5.92 Å². The van der Waals surface area contributed by atoms with Gasteiger partial charge in [0.15, 0.2) is 10.9 Å². The number of ether oxygens (including phenoxy) is 1. The van der Waals surface area contributed by atoms with Gasteiger partial charge in [-0.05, 0) is 55.9 Å². The van der Waals surface area contributed by atoms with Gasteiger partial charge < -0.3 is 14.1 Å². The quantitative estimate of drug-likeness (QED) is 0.431. The maximum atomic E-state index is 5.99. The molecule has 7 nitrogen and oxygen atoms in total. The van der Waals surface area contributed by atoms with E-state index in [9.17, 15) is 0 Å². The highest BCUT2D eigenvalue weighted by atomic mass is 35.5. The molecule has 5 rings (SSSR count). The summed E-state index contributed by atoms with van der Waals surface area (Å²) in [4.78, 5) is 6.83. The molecule has 2 aliphatic rings. The monoisotopic (exact) mass is 473 g/mol. The van der Waals surface area contributed by atoms with Crippen LogP contribution in [0.25, 0.3) is 11.3 Å². The molecule has 1 aromatic carbocycles. The van der Waals surface area contributed by atoms with Crippen LogP contribution in [0.2, 0.25) is 5.02 Å². The fourth-order valence-electron chi connectivity index (χ4n) is 4.23. The van der Waals surface area contributed by atoms with Crippen molar-refractivity contribution in [2.75, 3.05) is 24.6 Å². The summed E-state index contributed by atoms with van der Waals surface area (Å²) >= 11 is 7.60. The Morgan fingerprint density at radius 2 is 1.94 bits per heavy atom. The Kier molecular flexibility index (Phi) is 6.71. The van der Waals surface area contributed by atoms with Gasteiger partial charge in [0.25, 0.3) is 0 Å². The van der Waals surface area contributed by atoms with Crippen LogP contribution in [0.4, 0.5) is 5.95 Å². The summed E-state index contributed by atoms with van der Waals surface area (Å²) < 4.78 is 14.1. The van der Waals surface area contributed by atoms with E-state index in [1.54, 1.807) is 18.0 Å². The number of rotatable bonds is 7. The molecule has 0 bridgehead atoms. The number of anilines is 1. The van der Waals surface area contributed by atoms with E-state index in [2.05, 4.69) is 31.6 Å². The molecule has 2 aliphatic heterocycles. The van der Waals surface area contributed by atoms with E-state index in [1.807, 2.05) is 24.3 Å². The van der Waals surface area contributed by atoms with Crippen molar-refractivity contribution >= 4 is 29.3 Å². The molecule has 4 heterocycles. The van der Waals surface area contributed by atoms with E-state index < -0.39 is 0 Å². The third-order valence-corrected chi connectivity index (χ3v) is 7.38. The van der Waals surface area contributed by atoms with Gasteiger partial charge in [-0.2, -0.15) is 0 Å². The molecule has 32 heavy (non-hydrogen) atoms. The minimum absolute atomic E-state index is 0.228. The van der Waals surface area contributed by atoms with Crippen molar-refractivity contribution in [3.63, 3.8) is 0 Å². The van der Waals surface area contributed by atoms with E-state index in [-0.39, 0.29) is 6.10 Å². The fourth-order valence-corrected chi connectivity index (χ4v) is 5.16. The summed E-state index contributed by atoms with van der Waals surface area (Å²) in [7, 11) is 0. The molecule has 0 spiro atoms. The summed E-state index contributed by atoms with van der Waals surface area (Å²) in [6.45, 7) is 6.01. The Balaban J connectivity index is 1.31. The number of oxazole rings is 1. The van der Waals surface area contributed by atoms with E-state index in [4.69, 9.17) is 20.8 Å². The molecule has 170 valence electrons. The number of hydrogen-bond donors (Lipinski definition) is 0. The van der Waals surface area contributed by atoms with Gasteiger partial charge in [0.1, 0.15) is 0 Å². The molecule has 3 aromatic rings. The largest absolute Gasteiger partial charge is 0.440 e. The molecule has 0 radical (unpaired) electrons. The second-order valence-corrected chi connectivity index (χ2v) is 9.99. The van der Waals surface area contributed by atoms with Crippen LogP contribution in [-0.2, 0) is 17.0 Å². The molecule has 0 amide bonds. The molecule has 2 saturated heterocycles. The van der Waals surface area contributed by atoms with Crippen LogP contribution in [-0.4, -0.2) is 45.5 Å². The molecule has 0 saturated carbocycles. The minimum Gasteiger partial charge on any atom is -0.440 e. The summed E-state index contributed by atoms with van der Waals surface area (Å²) in [5, 5.41) is 10.7. The first kappa shape index (κ1) is 21.8. The van der Waals surface area contributed by atoms with E-state index in [1.165, 1.54) is 12.8 Å². The number of thioether (sulfide) groups is 1. The normalized spacial score (nSPS) is 19.7. The lowest BCUT2D eigenvalue weighted by Crippen LogP contribution is -2.35. The smallest absolute Gasteiger partial charge is 0.228 e. The average Bonchev–Trinajstić information content (AvgIpc) is 3.56. The Hall–Kier alpha value is -2.03. The average molecular weight is 474 g/mol. The lowest BCUT2D eigenvalue weighted by Gasteiger charge is -2.31. The van der Waals surface area contributed by atoms with Crippen LogP contribution in [0.3, 0.4) is 0 Å². The first-order valence-corrected chi connectivity index (χ1v) is 12.7. The first-order valence-electron chi connectivity index (χ1n) is 11.3. The van der Waals surface area contributed by atoms with Gasteiger partial charge in [-0.3, -0.25) is 4.57 Å². The van der Waals surface area contributed by atoms with Gasteiger partial charge in [-0.15, -0.1) is 10.2 Å². The summed E-state index contributed by atoms with van der Waals surface area (Å²) in [5.74, 6) is 3.73. The Morgan fingerprint density at radius 1 is 1.12 bits per heavy atom. The number of benzene rings is 1. The molecule has 0 aliphatic carbocycles. The first-order chi connectivity index (χ1) is 15.7. The van der Waals surface area contributed by atoms with Crippen LogP contribution in [0.5, 0.6) is 0 Å². The van der Waals surface area contributed by atoms with Crippen molar-refractivity contribution in [3.05, 3.63) is 41.4 Å². The highest BCUT2D eigenvalue weighted by Gasteiger charge is 2.26. The van der Waals surface area contributed by atoms with Crippen LogP contribution < -0.4 is 4.90 Å². The molecular weight excluding hydrogens is 446 g/mol. The summed E-state index contributed by atoms with van der Waals surface area (Å²) in [5.41, 5.74) is 0.960. The van der Waals surface area contributed by atoms with Crippen LogP contribution >= 0.6 is 23.4 Å². The predicted molar refractivity (Wildman–Crippen MR) is 126 cm³/mol. The van der Waals surface area contributed by atoms with Gasteiger partial charge in [-0.1, -0.05) is 30.3 Å². The zero-order valence-electron chi connectivity index (χ0n) is 18.2. The van der Waals surface area contributed by atoms with Gasteiger partial charge in [0, 0.05) is 30.3 Å².